The molecule has 10 heavy (non-hydrogen) atoms. The average Bonchev–Trinajstić information content (AvgIpc) is 1.91. The zero-order chi connectivity index (χ0) is 8.41. The van der Waals surface area contributed by atoms with Crippen molar-refractivity contribution in [1.82, 2.24) is 0 Å². The molecule has 0 saturated carbocycles. The Morgan fingerprint density at radius 2 is 2.10 bits per heavy atom. The number of rotatable bonds is 3. The van der Waals surface area contributed by atoms with Gasteiger partial charge in [0.15, 0.2) is 0 Å². The SMILES string of the molecule is C=CC(N)=O.C=COCC. The van der Waals surface area contributed by atoms with Gasteiger partial charge in [0.1, 0.15) is 0 Å². The van der Waals surface area contributed by atoms with Gasteiger partial charge in [0.2, 0.25) is 5.91 Å². The summed E-state index contributed by atoms with van der Waals surface area (Å²) in [5, 5.41) is 0. The van der Waals surface area contributed by atoms with E-state index in [2.05, 4.69) is 23.6 Å². The maximum Gasteiger partial charge on any atom is 0.240 e. The van der Waals surface area contributed by atoms with Crippen molar-refractivity contribution < 1.29 is 9.53 Å². The van der Waals surface area contributed by atoms with Crippen LogP contribution < -0.4 is 5.73 Å². The molecule has 0 aromatic carbocycles. The molecule has 0 spiro atoms. The highest BCUT2D eigenvalue weighted by atomic mass is 16.5. The fraction of sp³-hybridized carbons (Fsp3) is 0.286. The normalized spacial score (nSPS) is 6.50. The molecule has 0 aromatic heterocycles. The van der Waals surface area contributed by atoms with Crippen molar-refractivity contribution >= 4 is 5.91 Å². The van der Waals surface area contributed by atoms with E-state index in [1.54, 1.807) is 0 Å². The lowest BCUT2D eigenvalue weighted by Gasteiger charge is -1.84. The number of hydrogen-bond donors (Lipinski definition) is 1. The molecule has 0 aliphatic carbocycles. The van der Waals surface area contributed by atoms with Crippen LogP contribution in [0.4, 0.5) is 0 Å². The van der Waals surface area contributed by atoms with Gasteiger partial charge in [0.25, 0.3) is 0 Å². The van der Waals surface area contributed by atoms with Crippen molar-refractivity contribution in [3.8, 4) is 0 Å². The standard InChI is InChI=1S/C4H8O.C3H5NO/c1-3-5-4-2;1-2-3(4)5/h3H,1,4H2,2H3;2H,1H2,(H2,4,5). The summed E-state index contributed by atoms with van der Waals surface area (Å²) in [5.74, 6) is -0.481. The summed E-state index contributed by atoms with van der Waals surface area (Å²) in [6.45, 7) is 9.06. The van der Waals surface area contributed by atoms with E-state index in [1.165, 1.54) is 6.26 Å². The fourth-order valence-electron chi connectivity index (χ4n) is 0.118. The van der Waals surface area contributed by atoms with E-state index in [0.717, 1.165) is 12.7 Å². The molecule has 0 bridgehead atoms. The van der Waals surface area contributed by atoms with Crippen LogP contribution in [0.25, 0.3) is 0 Å². The van der Waals surface area contributed by atoms with Crippen molar-refractivity contribution in [3.63, 3.8) is 0 Å². The minimum absolute atomic E-state index is 0.481. The summed E-state index contributed by atoms with van der Waals surface area (Å²) in [6, 6.07) is 0. The predicted molar refractivity (Wildman–Crippen MR) is 41.2 cm³/mol. The molecule has 0 rings (SSSR count). The van der Waals surface area contributed by atoms with Crippen LogP contribution in [-0.2, 0) is 9.53 Å². The highest BCUT2D eigenvalue weighted by molar-refractivity contribution is 5.84. The molecule has 0 unspecified atom stereocenters. The van der Waals surface area contributed by atoms with Crippen molar-refractivity contribution in [1.29, 1.82) is 0 Å². The maximum absolute atomic E-state index is 9.47. The largest absolute Gasteiger partial charge is 0.502 e. The van der Waals surface area contributed by atoms with Crippen LogP contribution in [0.1, 0.15) is 6.92 Å². The highest BCUT2D eigenvalue weighted by Crippen LogP contribution is 1.65. The van der Waals surface area contributed by atoms with Gasteiger partial charge < -0.3 is 10.5 Å². The van der Waals surface area contributed by atoms with E-state index < -0.39 is 5.91 Å². The van der Waals surface area contributed by atoms with Gasteiger partial charge in [-0.05, 0) is 13.0 Å². The third kappa shape index (κ3) is 29.5. The molecule has 0 aliphatic heterocycles. The highest BCUT2D eigenvalue weighted by Gasteiger charge is 1.69. The third-order valence-electron chi connectivity index (χ3n) is 0.486. The molecule has 3 heteroatoms. The Hall–Kier alpha value is -1.25. The van der Waals surface area contributed by atoms with Gasteiger partial charge in [-0.3, -0.25) is 4.79 Å². The number of nitrogens with two attached hydrogens (primary N) is 1. The topological polar surface area (TPSA) is 52.3 Å². The van der Waals surface area contributed by atoms with Gasteiger partial charge in [-0.15, -0.1) is 0 Å². The Balaban J connectivity index is 0. The second kappa shape index (κ2) is 10.7. The van der Waals surface area contributed by atoms with Crippen molar-refractivity contribution in [2.75, 3.05) is 6.61 Å². The van der Waals surface area contributed by atoms with Crippen LogP contribution in [0.2, 0.25) is 0 Å². The lowest BCUT2D eigenvalue weighted by Crippen LogP contribution is -2.04. The maximum atomic E-state index is 9.47. The Morgan fingerprint density at radius 3 is 2.10 bits per heavy atom. The molecule has 0 heterocycles. The van der Waals surface area contributed by atoms with Crippen molar-refractivity contribution in [3.05, 3.63) is 25.5 Å². The van der Waals surface area contributed by atoms with Gasteiger partial charge in [-0.2, -0.15) is 0 Å². The Bertz CT molecular complexity index is 110. The lowest BCUT2D eigenvalue weighted by molar-refractivity contribution is -0.113. The van der Waals surface area contributed by atoms with E-state index in [9.17, 15) is 4.79 Å². The number of primary amides is 1. The van der Waals surface area contributed by atoms with E-state index in [1.807, 2.05) is 6.92 Å². The van der Waals surface area contributed by atoms with Gasteiger partial charge in [-0.25, -0.2) is 0 Å². The summed E-state index contributed by atoms with van der Waals surface area (Å²) in [6.07, 6.45) is 2.49. The summed E-state index contributed by atoms with van der Waals surface area (Å²) >= 11 is 0. The first-order valence-electron chi connectivity index (χ1n) is 2.83. The third-order valence-corrected chi connectivity index (χ3v) is 0.486. The van der Waals surface area contributed by atoms with Crippen LogP contribution in [-0.4, -0.2) is 12.5 Å². The quantitative estimate of drug-likeness (QED) is 0.470. The van der Waals surface area contributed by atoms with Crippen molar-refractivity contribution in [2.45, 2.75) is 6.92 Å². The van der Waals surface area contributed by atoms with Gasteiger partial charge in [-0.1, -0.05) is 13.2 Å². The average molecular weight is 143 g/mol. The molecule has 0 aromatic rings. The number of amides is 1. The molecule has 0 atom stereocenters. The molecule has 0 radical (unpaired) electrons. The second-order valence-electron chi connectivity index (χ2n) is 1.23. The monoisotopic (exact) mass is 143 g/mol. The first-order valence-corrected chi connectivity index (χ1v) is 2.83. The molecule has 0 saturated heterocycles. The molecular formula is C7H13NO2. The lowest BCUT2D eigenvalue weighted by atomic mass is 10.6. The Labute approximate surface area is 61.2 Å². The van der Waals surface area contributed by atoms with Crippen LogP contribution in [0.3, 0.4) is 0 Å². The number of ether oxygens (including phenoxy) is 1. The van der Waals surface area contributed by atoms with Crippen LogP contribution in [0, 0.1) is 0 Å². The van der Waals surface area contributed by atoms with Crippen LogP contribution in [0.15, 0.2) is 25.5 Å². The van der Waals surface area contributed by atoms with Gasteiger partial charge in [0.05, 0.1) is 12.9 Å². The molecule has 0 aliphatic rings. The molecule has 0 fully saturated rings. The molecule has 2 N–H and O–H groups in total. The Kier molecular flexibility index (Phi) is 12.3. The fourth-order valence-corrected chi connectivity index (χ4v) is 0.118. The zero-order valence-electron chi connectivity index (χ0n) is 6.17. The zero-order valence-corrected chi connectivity index (χ0v) is 6.17. The van der Waals surface area contributed by atoms with Gasteiger partial charge >= 0.3 is 0 Å². The van der Waals surface area contributed by atoms with Crippen molar-refractivity contribution in [2.24, 2.45) is 5.73 Å². The van der Waals surface area contributed by atoms with Gasteiger partial charge in [0, 0.05) is 0 Å². The second-order valence-corrected chi connectivity index (χ2v) is 1.23. The molecular weight excluding hydrogens is 130 g/mol. The van der Waals surface area contributed by atoms with E-state index >= 15 is 0 Å². The summed E-state index contributed by atoms with van der Waals surface area (Å²) in [7, 11) is 0. The minimum atomic E-state index is -0.481. The molecule has 3 nitrogen and oxygen atoms in total. The summed E-state index contributed by atoms with van der Waals surface area (Å²) < 4.78 is 4.60. The number of hydrogen-bond acceptors (Lipinski definition) is 2. The Morgan fingerprint density at radius 1 is 1.70 bits per heavy atom. The van der Waals surface area contributed by atoms with Crippen LogP contribution >= 0.6 is 0 Å². The first-order chi connectivity index (χ1) is 4.68. The first kappa shape index (κ1) is 11.5. The van der Waals surface area contributed by atoms with E-state index in [4.69, 9.17) is 0 Å². The molecule has 58 valence electrons. The van der Waals surface area contributed by atoms with E-state index in [-0.39, 0.29) is 0 Å². The summed E-state index contributed by atoms with van der Waals surface area (Å²) in [4.78, 5) is 9.47. The predicted octanol–water partition coefficient (Wildman–Crippen LogP) is 0.824. The van der Waals surface area contributed by atoms with Crippen LogP contribution in [0.5, 0.6) is 0 Å². The number of carbonyl (C=O) groups is 1. The minimum Gasteiger partial charge on any atom is -0.502 e. The molecule has 1 amide bonds. The summed E-state index contributed by atoms with van der Waals surface area (Å²) in [5.41, 5.74) is 4.53. The van der Waals surface area contributed by atoms with E-state index in [0.29, 0.717) is 0 Å². The smallest absolute Gasteiger partial charge is 0.240 e. The number of carbonyl (C=O) groups excluding carboxylic acids is 1.